The molecule has 0 unspecified atom stereocenters. The van der Waals surface area contributed by atoms with Crippen molar-refractivity contribution < 1.29 is 14.6 Å². The molecule has 0 bridgehead atoms. The molecule has 0 spiro atoms. The number of carboxylic acid groups (broad SMARTS) is 1. The van der Waals surface area contributed by atoms with Crippen molar-refractivity contribution in [1.29, 1.82) is 0 Å². The van der Waals surface area contributed by atoms with Gasteiger partial charge in [-0.15, -0.1) is 0 Å². The Kier molecular flexibility index (Phi) is 4.46. The molecule has 0 aromatic rings. The van der Waals surface area contributed by atoms with Crippen molar-refractivity contribution in [2.45, 2.75) is 25.9 Å². The number of likely N-dealkylation sites (tertiary alicyclic amines) is 1. The van der Waals surface area contributed by atoms with Gasteiger partial charge in [0.2, 0.25) is 0 Å². The number of carbonyl (C=O) groups is 1. The third kappa shape index (κ3) is 3.79. The zero-order valence-corrected chi connectivity index (χ0v) is 8.48. The molecule has 0 amide bonds. The Bertz CT molecular complexity index is 207. The molecule has 1 rings (SSSR count). The number of nitrogens with zero attached hydrogens (tertiary/aromatic N) is 1. The predicted octanol–water partition coefficient (Wildman–Crippen LogP) is 1.09. The summed E-state index contributed by atoms with van der Waals surface area (Å²) in [5.74, 6) is -0.892. The van der Waals surface area contributed by atoms with E-state index >= 15 is 0 Å². The Morgan fingerprint density at radius 1 is 1.57 bits per heavy atom. The normalized spacial score (nSPS) is 19.1. The molecule has 4 heteroatoms. The van der Waals surface area contributed by atoms with Crippen LogP contribution in [-0.4, -0.2) is 41.8 Å². The molecule has 1 saturated heterocycles. The molecule has 1 N–H and O–H groups in total. The van der Waals surface area contributed by atoms with Crippen molar-refractivity contribution >= 4 is 5.97 Å². The van der Waals surface area contributed by atoms with Gasteiger partial charge >= 0.3 is 5.97 Å². The maximum Gasteiger partial charge on any atom is 0.329 e. The van der Waals surface area contributed by atoms with E-state index in [1.165, 1.54) is 6.08 Å². The van der Waals surface area contributed by atoms with Crippen LogP contribution in [0.25, 0.3) is 0 Å². The number of ether oxygens (including phenoxy) is 1. The fraction of sp³-hybridized carbons (Fsp3) is 0.700. The van der Waals surface area contributed by atoms with Crippen LogP contribution in [0, 0.1) is 0 Å². The van der Waals surface area contributed by atoms with Crippen molar-refractivity contribution in [3.8, 4) is 0 Å². The van der Waals surface area contributed by atoms with Crippen molar-refractivity contribution in [2.24, 2.45) is 0 Å². The second-order valence-electron chi connectivity index (χ2n) is 3.34. The topological polar surface area (TPSA) is 49.8 Å². The summed E-state index contributed by atoms with van der Waals surface area (Å²) in [5.41, 5.74) is 0. The summed E-state index contributed by atoms with van der Waals surface area (Å²) in [7, 11) is 0. The van der Waals surface area contributed by atoms with Crippen LogP contribution in [0.4, 0.5) is 0 Å². The van der Waals surface area contributed by atoms with Crippen LogP contribution in [0.1, 0.15) is 19.8 Å². The molecule has 0 aliphatic carbocycles. The van der Waals surface area contributed by atoms with Crippen LogP contribution in [0.15, 0.2) is 12.3 Å². The van der Waals surface area contributed by atoms with Gasteiger partial charge in [0, 0.05) is 32.0 Å². The molecule has 0 saturated carbocycles. The summed E-state index contributed by atoms with van der Waals surface area (Å²) in [6, 6.07) is 0. The first-order chi connectivity index (χ1) is 6.72. The average molecular weight is 199 g/mol. The van der Waals surface area contributed by atoms with E-state index in [1.54, 1.807) is 6.20 Å². The Labute approximate surface area is 84.2 Å². The number of aliphatic carboxylic acids is 1. The van der Waals surface area contributed by atoms with Crippen LogP contribution >= 0.6 is 0 Å². The lowest BCUT2D eigenvalue weighted by Gasteiger charge is -2.30. The van der Waals surface area contributed by atoms with E-state index in [0.29, 0.717) is 6.10 Å². The fourth-order valence-electron chi connectivity index (χ4n) is 1.60. The maximum atomic E-state index is 10.3. The lowest BCUT2D eigenvalue weighted by Crippen LogP contribution is -2.33. The number of hydrogen-bond acceptors (Lipinski definition) is 3. The molecule has 14 heavy (non-hydrogen) atoms. The maximum absolute atomic E-state index is 10.3. The van der Waals surface area contributed by atoms with Crippen LogP contribution in [0.5, 0.6) is 0 Å². The van der Waals surface area contributed by atoms with E-state index in [4.69, 9.17) is 9.84 Å². The molecule has 0 aromatic heterocycles. The molecule has 0 radical (unpaired) electrons. The summed E-state index contributed by atoms with van der Waals surface area (Å²) in [6.45, 7) is 4.52. The lowest BCUT2D eigenvalue weighted by molar-refractivity contribution is -0.131. The first-order valence-corrected chi connectivity index (χ1v) is 4.99. The Morgan fingerprint density at radius 2 is 2.21 bits per heavy atom. The highest BCUT2D eigenvalue weighted by atomic mass is 16.5. The minimum Gasteiger partial charge on any atom is -0.478 e. The van der Waals surface area contributed by atoms with Crippen molar-refractivity contribution in [3.63, 3.8) is 0 Å². The Hall–Kier alpha value is -1.03. The van der Waals surface area contributed by atoms with E-state index in [2.05, 4.69) is 0 Å². The predicted molar refractivity (Wildman–Crippen MR) is 53.0 cm³/mol. The molecule has 1 heterocycles. The van der Waals surface area contributed by atoms with Gasteiger partial charge in [0.05, 0.1) is 6.10 Å². The number of carboxylic acids is 1. The number of piperidine rings is 1. The van der Waals surface area contributed by atoms with Gasteiger partial charge in [-0.05, 0) is 19.8 Å². The van der Waals surface area contributed by atoms with Gasteiger partial charge in [-0.3, -0.25) is 0 Å². The van der Waals surface area contributed by atoms with Gasteiger partial charge < -0.3 is 14.7 Å². The average Bonchev–Trinajstić information content (AvgIpc) is 2.17. The molecular weight excluding hydrogens is 182 g/mol. The highest BCUT2D eigenvalue weighted by Gasteiger charge is 2.16. The second-order valence-corrected chi connectivity index (χ2v) is 3.34. The van der Waals surface area contributed by atoms with Gasteiger partial charge in [0.25, 0.3) is 0 Å². The Balaban J connectivity index is 2.25. The monoisotopic (exact) mass is 199 g/mol. The lowest BCUT2D eigenvalue weighted by atomic mass is 10.1. The summed E-state index contributed by atoms with van der Waals surface area (Å²) in [5, 5.41) is 8.44. The van der Waals surface area contributed by atoms with Gasteiger partial charge in [0.15, 0.2) is 0 Å². The van der Waals surface area contributed by atoms with Gasteiger partial charge in [-0.1, -0.05) is 0 Å². The van der Waals surface area contributed by atoms with Crippen LogP contribution < -0.4 is 0 Å². The van der Waals surface area contributed by atoms with E-state index in [0.717, 1.165) is 32.5 Å². The molecular formula is C10H17NO3. The third-order valence-electron chi connectivity index (χ3n) is 2.31. The molecule has 1 aliphatic rings. The first-order valence-electron chi connectivity index (χ1n) is 4.99. The SMILES string of the molecule is CCOC1CCN(C=CC(=O)O)CC1. The van der Waals surface area contributed by atoms with Crippen LogP contribution in [0.2, 0.25) is 0 Å². The minimum atomic E-state index is -0.892. The molecule has 4 nitrogen and oxygen atoms in total. The quantitative estimate of drug-likeness (QED) is 0.688. The summed E-state index contributed by atoms with van der Waals surface area (Å²) in [6.07, 6.45) is 5.15. The summed E-state index contributed by atoms with van der Waals surface area (Å²) < 4.78 is 5.49. The molecule has 80 valence electrons. The fourth-order valence-corrected chi connectivity index (χ4v) is 1.60. The zero-order chi connectivity index (χ0) is 10.4. The number of hydrogen-bond donors (Lipinski definition) is 1. The number of rotatable bonds is 4. The third-order valence-corrected chi connectivity index (χ3v) is 2.31. The zero-order valence-electron chi connectivity index (χ0n) is 8.48. The second kappa shape index (κ2) is 5.65. The van der Waals surface area contributed by atoms with Crippen molar-refractivity contribution in [3.05, 3.63) is 12.3 Å². The molecule has 1 aliphatic heterocycles. The standard InChI is InChI=1S/C10H17NO3/c1-2-14-9-3-6-11(7-4-9)8-5-10(12)13/h5,8-9H,2-4,6-7H2,1H3,(H,12,13). The Morgan fingerprint density at radius 3 is 2.71 bits per heavy atom. The molecule has 0 atom stereocenters. The van der Waals surface area contributed by atoms with Gasteiger partial charge in [-0.2, -0.15) is 0 Å². The van der Waals surface area contributed by atoms with E-state index in [-0.39, 0.29) is 0 Å². The van der Waals surface area contributed by atoms with Crippen LogP contribution in [0.3, 0.4) is 0 Å². The van der Waals surface area contributed by atoms with E-state index in [9.17, 15) is 4.79 Å². The highest BCUT2D eigenvalue weighted by Crippen LogP contribution is 2.13. The molecule has 1 fully saturated rings. The summed E-state index contributed by atoms with van der Waals surface area (Å²) >= 11 is 0. The van der Waals surface area contributed by atoms with Gasteiger partial charge in [0.1, 0.15) is 0 Å². The largest absolute Gasteiger partial charge is 0.478 e. The van der Waals surface area contributed by atoms with Crippen molar-refractivity contribution in [2.75, 3.05) is 19.7 Å². The minimum absolute atomic E-state index is 0.356. The highest BCUT2D eigenvalue weighted by molar-refractivity contribution is 5.79. The smallest absolute Gasteiger partial charge is 0.329 e. The van der Waals surface area contributed by atoms with Crippen molar-refractivity contribution in [1.82, 2.24) is 4.90 Å². The first kappa shape index (κ1) is 11.0. The van der Waals surface area contributed by atoms with E-state index < -0.39 is 5.97 Å². The van der Waals surface area contributed by atoms with Gasteiger partial charge in [-0.25, -0.2) is 4.79 Å². The van der Waals surface area contributed by atoms with E-state index in [1.807, 2.05) is 11.8 Å². The van der Waals surface area contributed by atoms with Crippen LogP contribution in [-0.2, 0) is 9.53 Å². The molecule has 0 aromatic carbocycles. The summed E-state index contributed by atoms with van der Waals surface area (Å²) in [4.78, 5) is 12.3.